The van der Waals surface area contributed by atoms with Crippen LogP contribution in [0.1, 0.15) is 34.5 Å². The summed E-state index contributed by atoms with van der Waals surface area (Å²) < 4.78 is 0. The molecule has 130 valence electrons. The van der Waals surface area contributed by atoms with Crippen molar-refractivity contribution >= 4 is 23.2 Å². The number of amides is 2. The van der Waals surface area contributed by atoms with Gasteiger partial charge in [0.05, 0.1) is 4.88 Å². The number of rotatable bonds is 3. The second-order valence-corrected chi connectivity index (χ2v) is 8.00. The lowest BCUT2D eigenvalue weighted by molar-refractivity contribution is -0.128. The van der Waals surface area contributed by atoms with Crippen LogP contribution >= 0.6 is 11.3 Å². The van der Waals surface area contributed by atoms with E-state index >= 15 is 0 Å². The molecule has 0 atom stereocenters. The fourth-order valence-electron chi connectivity index (χ4n) is 3.91. The first-order valence-corrected chi connectivity index (χ1v) is 9.53. The molecule has 0 bridgehead atoms. The van der Waals surface area contributed by atoms with Crippen molar-refractivity contribution < 1.29 is 9.59 Å². The molecule has 0 aromatic carbocycles. The molecule has 0 aliphatic carbocycles. The zero-order valence-corrected chi connectivity index (χ0v) is 14.9. The standard InChI is InChI=1S/C19H21N3O2S/c23-17-12-19(14-22(17)13-15-3-7-20-8-4-15)5-9-21(10-6-19)18(24)16-2-1-11-25-16/h1-4,7-8,11H,5-6,9-10,12-14H2. The van der Waals surface area contributed by atoms with Crippen LogP contribution in [0.25, 0.3) is 0 Å². The SMILES string of the molecule is O=C1CC2(CCN(C(=O)c3cccs3)CC2)CN1Cc1ccncc1. The Labute approximate surface area is 151 Å². The Balaban J connectivity index is 1.38. The highest BCUT2D eigenvalue weighted by atomic mass is 32.1. The van der Waals surface area contributed by atoms with Crippen molar-refractivity contribution in [3.8, 4) is 0 Å². The van der Waals surface area contributed by atoms with E-state index in [1.165, 1.54) is 11.3 Å². The second-order valence-electron chi connectivity index (χ2n) is 7.05. The number of hydrogen-bond acceptors (Lipinski definition) is 4. The highest BCUT2D eigenvalue weighted by molar-refractivity contribution is 7.12. The van der Waals surface area contributed by atoms with Gasteiger partial charge in [-0.3, -0.25) is 14.6 Å². The molecule has 4 rings (SSSR count). The maximum Gasteiger partial charge on any atom is 0.263 e. The Morgan fingerprint density at radius 2 is 1.96 bits per heavy atom. The van der Waals surface area contributed by atoms with Crippen molar-refractivity contribution in [1.82, 2.24) is 14.8 Å². The molecule has 2 fully saturated rings. The lowest BCUT2D eigenvalue weighted by atomic mass is 9.77. The van der Waals surface area contributed by atoms with Gasteiger partial charge >= 0.3 is 0 Å². The Morgan fingerprint density at radius 3 is 2.64 bits per heavy atom. The van der Waals surface area contributed by atoms with Crippen molar-refractivity contribution in [2.45, 2.75) is 25.8 Å². The van der Waals surface area contributed by atoms with Gasteiger partial charge < -0.3 is 9.80 Å². The molecule has 2 saturated heterocycles. The molecule has 6 heteroatoms. The number of carbonyl (C=O) groups excluding carboxylic acids is 2. The summed E-state index contributed by atoms with van der Waals surface area (Å²) in [6.07, 6.45) is 5.95. The maximum atomic E-state index is 12.5. The summed E-state index contributed by atoms with van der Waals surface area (Å²) in [6, 6.07) is 7.71. The summed E-state index contributed by atoms with van der Waals surface area (Å²) in [5.41, 5.74) is 1.15. The highest BCUT2D eigenvalue weighted by Crippen LogP contribution is 2.41. The Hall–Kier alpha value is -2.21. The number of nitrogens with zero attached hydrogens (tertiary/aromatic N) is 3. The molecule has 25 heavy (non-hydrogen) atoms. The molecule has 1 spiro atoms. The van der Waals surface area contributed by atoms with Crippen LogP contribution in [0, 0.1) is 5.41 Å². The fourth-order valence-corrected chi connectivity index (χ4v) is 4.60. The molecular weight excluding hydrogens is 334 g/mol. The van der Waals surface area contributed by atoms with Crippen molar-refractivity contribution in [2.75, 3.05) is 19.6 Å². The largest absolute Gasteiger partial charge is 0.338 e. The zero-order valence-electron chi connectivity index (χ0n) is 14.1. The molecule has 0 N–H and O–H groups in total. The predicted octanol–water partition coefficient (Wildman–Crippen LogP) is 2.80. The van der Waals surface area contributed by atoms with Crippen molar-refractivity contribution in [2.24, 2.45) is 5.41 Å². The van der Waals surface area contributed by atoms with E-state index < -0.39 is 0 Å². The number of piperidine rings is 1. The van der Waals surface area contributed by atoms with E-state index in [4.69, 9.17) is 0 Å². The van der Waals surface area contributed by atoms with E-state index in [0.717, 1.165) is 42.9 Å². The Morgan fingerprint density at radius 1 is 1.20 bits per heavy atom. The lowest BCUT2D eigenvalue weighted by Gasteiger charge is -2.38. The van der Waals surface area contributed by atoms with Crippen LogP contribution in [0.2, 0.25) is 0 Å². The van der Waals surface area contributed by atoms with Crippen LogP contribution in [0.15, 0.2) is 42.0 Å². The second kappa shape index (κ2) is 6.59. The van der Waals surface area contributed by atoms with Gasteiger partial charge in [0, 0.05) is 50.4 Å². The van der Waals surface area contributed by atoms with Crippen LogP contribution in [0.3, 0.4) is 0 Å². The average Bonchev–Trinajstić information content (AvgIpc) is 3.25. The van der Waals surface area contributed by atoms with Gasteiger partial charge in [-0.15, -0.1) is 11.3 Å². The van der Waals surface area contributed by atoms with E-state index in [0.29, 0.717) is 13.0 Å². The van der Waals surface area contributed by atoms with Gasteiger partial charge in [-0.05, 0) is 42.0 Å². The van der Waals surface area contributed by atoms with Gasteiger partial charge in [0.1, 0.15) is 0 Å². The maximum absolute atomic E-state index is 12.5. The number of thiophene rings is 1. The normalized spacial score (nSPS) is 19.6. The predicted molar refractivity (Wildman–Crippen MR) is 96.2 cm³/mol. The van der Waals surface area contributed by atoms with Gasteiger partial charge in [0.15, 0.2) is 0 Å². The van der Waals surface area contributed by atoms with E-state index in [1.807, 2.05) is 39.4 Å². The molecule has 2 aliphatic heterocycles. The third kappa shape index (κ3) is 3.31. The van der Waals surface area contributed by atoms with Crippen LogP contribution in [-0.2, 0) is 11.3 Å². The van der Waals surface area contributed by atoms with Crippen LogP contribution < -0.4 is 0 Å². The van der Waals surface area contributed by atoms with E-state index in [9.17, 15) is 9.59 Å². The minimum atomic E-state index is 0.0380. The third-order valence-electron chi connectivity index (χ3n) is 5.37. The van der Waals surface area contributed by atoms with Crippen molar-refractivity contribution in [3.63, 3.8) is 0 Å². The highest BCUT2D eigenvalue weighted by Gasteiger charge is 2.45. The molecule has 0 unspecified atom stereocenters. The molecular formula is C19H21N3O2S. The summed E-state index contributed by atoms with van der Waals surface area (Å²) in [5, 5.41) is 1.94. The molecule has 2 aromatic heterocycles. The van der Waals surface area contributed by atoms with Crippen molar-refractivity contribution in [3.05, 3.63) is 52.5 Å². The first kappa shape index (κ1) is 16.3. The number of hydrogen-bond donors (Lipinski definition) is 0. The molecule has 0 saturated carbocycles. The number of likely N-dealkylation sites (tertiary alicyclic amines) is 2. The van der Waals surface area contributed by atoms with Gasteiger partial charge in [0.2, 0.25) is 5.91 Å². The minimum Gasteiger partial charge on any atom is -0.338 e. The van der Waals surface area contributed by atoms with Crippen LogP contribution in [-0.4, -0.2) is 46.2 Å². The third-order valence-corrected chi connectivity index (χ3v) is 6.23. The zero-order chi connectivity index (χ0) is 17.3. The number of aromatic nitrogens is 1. The molecule has 5 nitrogen and oxygen atoms in total. The first-order chi connectivity index (χ1) is 12.2. The van der Waals surface area contributed by atoms with Gasteiger partial charge in [-0.25, -0.2) is 0 Å². The fraction of sp³-hybridized carbons (Fsp3) is 0.421. The summed E-state index contributed by atoms with van der Waals surface area (Å²) in [4.78, 5) is 33.7. The molecule has 0 radical (unpaired) electrons. The molecule has 2 aromatic rings. The van der Waals surface area contributed by atoms with E-state index in [1.54, 1.807) is 12.4 Å². The minimum absolute atomic E-state index is 0.0380. The van der Waals surface area contributed by atoms with Gasteiger partial charge in [-0.2, -0.15) is 0 Å². The Kier molecular flexibility index (Phi) is 4.29. The quantitative estimate of drug-likeness (QED) is 0.851. The number of carbonyl (C=O) groups is 2. The first-order valence-electron chi connectivity index (χ1n) is 8.65. The Bertz CT molecular complexity index is 752. The van der Waals surface area contributed by atoms with Crippen LogP contribution in [0.4, 0.5) is 0 Å². The summed E-state index contributed by atoms with van der Waals surface area (Å²) in [5.74, 6) is 0.359. The van der Waals surface area contributed by atoms with Gasteiger partial charge in [0.25, 0.3) is 5.91 Å². The smallest absolute Gasteiger partial charge is 0.263 e. The molecule has 2 aliphatic rings. The molecule has 4 heterocycles. The summed E-state index contributed by atoms with van der Waals surface area (Å²) in [7, 11) is 0. The van der Waals surface area contributed by atoms with Crippen LogP contribution in [0.5, 0.6) is 0 Å². The molecule has 2 amide bonds. The van der Waals surface area contributed by atoms with Crippen molar-refractivity contribution in [1.29, 1.82) is 0 Å². The van der Waals surface area contributed by atoms with E-state index in [-0.39, 0.29) is 17.2 Å². The average molecular weight is 355 g/mol. The number of pyridine rings is 1. The van der Waals surface area contributed by atoms with E-state index in [2.05, 4.69) is 4.98 Å². The topological polar surface area (TPSA) is 53.5 Å². The monoisotopic (exact) mass is 355 g/mol. The van der Waals surface area contributed by atoms with Gasteiger partial charge in [-0.1, -0.05) is 6.07 Å². The summed E-state index contributed by atoms with van der Waals surface area (Å²) >= 11 is 1.49. The lowest BCUT2D eigenvalue weighted by Crippen LogP contribution is -2.44. The summed E-state index contributed by atoms with van der Waals surface area (Å²) in [6.45, 7) is 2.94.